The van der Waals surface area contributed by atoms with Crippen LogP contribution in [0, 0.1) is 25.7 Å². The Morgan fingerprint density at radius 2 is 1.55 bits per heavy atom. The molecule has 0 spiro atoms. The quantitative estimate of drug-likeness (QED) is 0.591. The molecule has 4 atom stereocenters. The molecule has 4 nitrogen and oxygen atoms in total. The smallest absolute Gasteiger partial charge is 0.241 e. The van der Waals surface area contributed by atoms with Gasteiger partial charge in [-0.05, 0) is 39.3 Å². The molecule has 4 heteroatoms. The zero-order valence-electron chi connectivity index (χ0n) is 13.2. The Hall–Kier alpha value is -1.94. The summed E-state index contributed by atoms with van der Waals surface area (Å²) in [6.45, 7) is 7.73. The third kappa shape index (κ3) is 1.46. The molecule has 2 amide bonds. The average molecular weight is 297 g/mol. The van der Waals surface area contributed by atoms with Crippen molar-refractivity contribution in [1.29, 1.82) is 0 Å². The van der Waals surface area contributed by atoms with Crippen LogP contribution in [-0.2, 0) is 14.3 Å². The topological polar surface area (TPSA) is 46.6 Å². The van der Waals surface area contributed by atoms with Crippen LogP contribution in [0.15, 0.2) is 30.4 Å². The first-order valence-corrected chi connectivity index (χ1v) is 7.62. The lowest BCUT2D eigenvalue weighted by Gasteiger charge is -2.26. The number of ether oxygens (including phenoxy) is 1. The number of benzene rings is 1. The summed E-state index contributed by atoms with van der Waals surface area (Å²) in [5.41, 5.74) is 1.42. The van der Waals surface area contributed by atoms with Gasteiger partial charge >= 0.3 is 0 Å². The van der Waals surface area contributed by atoms with Crippen molar-refractivity contribution in [1.82, 2.24) is 0 Å². The number of fused-ring (bicyclic) bond motifs is 5. The molecule has 0 N–H and O–H groups in total. The molecule has 0 aromatic heterocycles. The minimum absolute atomic E-state index is 0.141. The van der Waals surface area contributed by atoms with E-state index in [9.17, 15) is 9.59 Å². The zero-order valence-corrected chi connectivity index (χ0v) is 13.2. The molecule has 2 bridgehead atoms. The van der Waals surface area contributed by atoms with Gasteiger partial charge in [0.05, 0.1) is 28.7 Å². The molecule has 4 rings (SSSR count). The first-order chi connectivity index (χ1) is 10.3. The number of rotatable bonds is 1. The Morgan fingerprint density at radius 3 is 2.05 bits per heavy atom. The van der Waals surface area contributed by atoms with Gasteiger partial charge in [0.1, 0.15) is 0 Å². The Labute approximate surface area is 129 Å². The molecule has 0 saturated carbocycles. The van der Waals surface area contributed by atoms with E-state index in [1.54, 1.807) is 0 Å². The standard InChI is InChI=1S/C18H19NO3/c1-10-5-6-12(11(2)9-10)19-15(20)13-14(16(19)21)18(4)8-7-17(13,3)22-18/h5-9,13-14H,1-4H3/t13-,14-,17-,18-/m0/s1. The van der Waals surface area contributed by atoms with E-state index in [4.69, 9.17) is 4.74 Å². The minimum atomic E-state index is -0.667. The summed E-state index contributed by atoms with van der Waals surface area (Å²) in [6, 6.07) is 5.79. The summed E-state index contributed by atoms with van der Waals surface area (Å²) in [5.74, 6) is -1.12. The number of imide groups is 1. The number of hydrogen-bond donors (Lipinski definition) is 0. The number of nitrogens with zero attached hydrogens (tertiary/aromatic N) is 1. The Kier molecular flexibility index (Phi) is 2.41. The van der Waals surface area contributed by atoms with Crippen molar-refractivity contribution >= 4 is 17.5 Å². The number of carbonyl (C=O) groups excluding carboxylic acids is 2. The van der Waals surface area contributed by atoms with Crippen LogP contribution in [0.2, 0.25) is 0 Å². The Morgan fingerprint density at radius 1 is 1.00 bits per heavy atom. The fourth-order valence-corrected chi connectivity index (χ4v) is 4.32. The van der Waals surface area contributed by atoms with Crippen LogP contribution in [0.1, 0.15) is 25.0 Å². The van der Waals surface area contributed by atoms with Gasteiger partial charge in [0, 0.05) is 0 Å². The molecule has 3 heterocycles. The van der Waals surface area contributed by atoms with Crippen molar-refractivity contribution in [3.63, 3.8) is 0 Å². The third-order valence-electron chi connectivity index (χ3n) is 5.32. The number of anilines is 1. The molecular formula is C18H19NO3. The highest BCUT2D eigenvalue weighted by molar-refractivity contribution is 6.23. The fourth-order valence-electron chi connectivity index (χ4n) is 4.32. The van der Waals surface area contributed by atoms with E-state index >= 15 is 0 Å². The fraction of sp³-hybridized carbons (Fsp3) is 0.444. The van der Waals surface area contributed by atoms with E-state index in [2.05, 4.69) is 0 Å². The molecule has 3 aliphatic heterocycles. The lowest BCUT2D eigenvalue weighted by atomic mass is 9.73. The van der Waals surface area contributed by atoms with Gasteiger partial charge in [0.25, 0.3) is 0 Å². The summed E-state index contributed by atoms with van der Waals surface area (Å²) >= 11 is 0. The Bertz CT molecular complexity index is 717. The van der Waals surface area contributed by atoms with Gasteiger partial charge in [-0.2, -0.15) is 0 Å². The number of aryl methyl sites for hydroxylation is 2. The molecule has 0 aliphatic carbocycles. The monoisotopic (exact) mass is 297 g/mol. The second kappa shape index (κ2) is 3.87. The molecule has 1 aromatic carbocycles. The number of hydrogen-bond acceptors (Lipinski definition) is 3. The summed E-state index contributed by atoms with van der Waals surface area (Å²) in [7, 11) is 0. The highest BCUT2D eigenvalue weighted by Crippen LogP contribution is 2.57. The predicted molar refractivity (Wildman–Crippen MR) is 82.4 cm³/mol. The van der Waals surface area contributed by atoms with Crippen LogP contribution >= 0.6 is 0 Å². The first kappa shape index (κ1) is 13.7. The van der Waals surface area contributed by atoms with Gasteiger partial charge < -0.3 is 4.74 Å². The van der Waals surface area contributed by atoms with Gasteiger partial charge in [-0.25, -0.2) is 4.90 Å². The van der Waals surface area contributed by atoms with E-state index in [1.807, 2.05) is 58.0 Å². The maximum Gasteiger partial charge on any atom is 0.241 e. The molecule has 3 aliphatic rings. The summed E-state index contributed by atoms with van der Waals surface area (Å²) in [5, 5.41) is 0. The minimum Gasteiger partial charge on any atom is -0.359 e. The maximum absolute atomic E-state index is 13.0. The van der Waals surface area contributed by atoms with Crippen molar-refractivity contribution in [2.75, 3.05) is 4.90 Å². The van der Waals surface area contributed by atoms with Crippen molar-refractivity contribution in [2.45, 2.75) is 38.9 Å². The van der Waals surface area contributed by atoms with Crippen LogP contribution in [0.4, 0.5) is 5.69 Å². The molecule has 2 fully saturated rings. The second-order valence-corrected chi connectivity index (χ2v) is 7.06. The van der Waals surface area contributed by atoms with Crippen LogP contribution in [0.25, 0.3) is 0 Å². The molecule has 0 radical (unpaired) electrons. The van der Waals surface area contributed by atoms with E-state index in [0.717, 1.165) is 11.1 Å². The average Bonchev–Trinajstić information content (AvgIpc) is 2.97. The van der Waals surface area contributed by atoms with Crippen molar-refractivity contribution in [3.05, 3.63) is 41.5 Å². The van der Waals surface area contributed by atoms with E-state index in [-0.39, 0.29) is 11.8 Å². The molecule has 2 saturated heterocycles. The predicted octanol–water partition coefficient (Wildman–Crippen LogP) is 2.53. The van der Waals surface area contributed by atoms with Gasteiger partial charge in [0.2, 0.25) is 11.8 Å². The number of amides is 2. The summed E-state index contributed by atoms with van der Waals surface area (Å²) < 4.78 is 6.01. The van der Waals surface area contributed by atoms with Crippen LogP contribution < -0.4 is 4.90 Å². The molecule has 114 valence electrons. The number of carbonyl (C=O) groups is 2. The molecular weight excluding hydrogens is 278 g/mol. The molecule has 22 heavy (non-hydrogen) atoms. The first-order valence-electron chi connectivity index (χ1n) is 7.62. The molecule has 0 unspecified atom stereocenters. The summed E-state index contributed by atoms with van der Waals surface area (Å²) in [4.78, 5) is 27.3. The molecule has 1 aromatic rings. The maximum atomic E-state index is 13.0. The van der Waals surface area contributed by atoms with Crippen molar-refractivity contribution < 1.29 is 14.3 Å². The lowest BCUT2D eigenvalue weighted by Crippen LogP contribution is -2.39. The highest BCUT2D eigenvalue weighted by Gasteiger charge is 2.70. The lowest BCUT2D eigenvalue weighted by molar-refractivity contribution is -0.128. The van der Waals surface area contributed by atoms with Crippen molar-refractivity contribution in [3.8, 4) is 0 Å². The van der Waals surface area contributed by atoms with E-state index in [0.29, 0.717) is 5.69 Å². The van der Waals surface area contributed by atoms with E-state index in [1.165, 1.54) is 4.90 Å². The van der Waals surface area contributed by atoms with Gasteiger partial charge in [-0.1, -0.05) is 29.8 Å². The van der Waals surface area contributed by atoms with Crippen LogP contribution in [0.3, 0.4) is 0 Å². The van der Waals surface area contributed by atoms with Crippen LogP contribution in [0.5, 0.6) is 0 Å². The van der Waals surface area contributed by atoms with Gasteiger partial charge in [0.15, 0.2) is 0 Å². The normalized spacial score (nSPS) is 39.0. The Balaban J connectivity index is 1.83. The van der Waals surface area contributed by atoms with Gasteiger partial charge in [-0.3, -0.25) is 9.59 Å². The largest absolute Gasteiger partial charge is 0.359 e. The van der Waals surface area contributed by atoms with E-state index < -0.39 is 23.0 Å². The summed E-state index contributed by atoms with van der Waals surface area (Å²) in [6.07, 6.45) is 3.87. The van der Waals surface area contributed by atoms with Crippen molar-refractivity contribution in [2.24, 2.45) is 11.8 Å². The van der Waals surface area contributed by atoms with Gasteiger partial charge in [-0.15, -0.1) is 0 Å². The third-order valence-corrected chi connectivity index (χ3v) is 5.32. The van der Waals surface area contributed by atoms with Crippen LogP contribution in [-0.4, -0.2) is 23.0 Å². The second-order valence-electron chi connectivity index (χ2n) is 7.06. The highest BCUT2D eigenvalue weighted by atomic mass is 16.5. The SMILES string of the molecule is Cc1ccc(N2C(=O)[C@@H]3[C@@H](C2=O)[C@]2(C)C=C[C@]3(C)O2)c(C)c1. The zero-order chi connectivity index (χ0) is 15.9.